The van der Waals surface area contributed by atoms with E-state index in [2.05, 4.69) is 74.1 Å². The number of hydrogen-bond acceptors (Lipinski definition) is 1. The Hall–Kier alpha value is -1.54. The van der Waals surface area contributed by atoms with E-state index in [-0.39, 0.29) is 0 Å². The van der Waals surface area contributed by atoms with Gasteiger partial charge in [0.2, 0.25) is 0 Å². The number of nitrogens with one attached hydrogen (secondary N) is 1. The Labute approximate surface area is 116 Å². The van der Waals surface area contributed by atoms with Crippen molar-refractivity contribution in [3.8, 4) is 0 Å². The van der Waals surface area contributed by atoms with Gasteiger partial charge in [0.1, 0.15) is 0 Å². The van der Waals surface area contributed by atoms with Crippen molar-refractivity contribution in [2.75, 3.05) is 6.54 Å². The highest BCUT2D eigenvalue weighted by Gasteiger charge is 2.07. The molecule has 0 aliphatic carbocycles. The van der Waals surface area contributed by atoms with E-state index in [0.29, 0.717) is 5.92 Å². The quantitative estimate of drug-likeness (QED) is 0.866. The van der Waals surface area contributed by atoms with E-state index in [4.69, 9.17) is 0 Å². The minimum atomic E-state index is 0.548. The molecule has 0 aliphatic heterocycles. The van der Waals surface area contributed by atoms with Crippen molar-refractivity contribution < 1.29 is 0 Å². The number of aryl methyl sites for hydroxylation is 1. The first-order chi connectivity index (χ1) is 9.09. The second kappa shape index (κ2) is 6.07. The molecular formula is C17H24N2. The first-order valence-electron chi connectivity index (χ1n) is 6.97. The number of rotatable bonds is 5. The molecule has 2 aromatic rings. The molecule has 102 valence electrons. The smallest absolute Gasteiger partial charge is 0.0223 e. The maximum absolute atomic E-state index is 3.57. The van der Waals surface area contributed by atoms with Gasteiger partial charge in [-0.3, -0.25) is 0 Å². The molecule has 1 heterocycles. The lowest BCUT2D eigenvalue weighted by Crippen LogP contribution is -2.19. The van der Waals surface area contributed by atoms with Crippen LogP contribution in [0, 0.1) is 13.8 Å². The van der Waals surface area contributed by atoms with Gasteiger partial charge in [-0.25, -0.2) is 0 Å². The predicted octanol–water partition coefficient (Wildman–Crippen LogP) is 3.54. The van der Waals surface area contributed by atoms with Gasteiger partial charge in [0, 0.05) is 31.5 Å². The van der Waals surface area contributed by atoms with Crippen molar-refractivity contribution in [1.82, 2.24) is 9.88 Å². The molecule has 1 atom stereocenters. The fourth-order valence-corrected chi connectivity index (χ4v) is 2.44. The van der Waals surface area contributed by atoms with Crippen LogP contribution in [0.15, 0.2) is 36.4 Å². The van der Waals surface area contributed by atoms with Gasteiger partial charge in [-0.2, -0.15) is 0 Å². The van der Waals surface area contributed by atoms with Crippen molar-refractivity contribution >= 4 is 0 Å². The topological polar surface area (TPSA) is 17.0 Å². The van der Waals surface area contributed by atoms with E-state index in [0.717, 1.165) is 13.1 Å². The zero-order valence-corrected chi connectivity index (χ0v) is 12.4. The summed E-state index contributed by atoms with van der Waals surface area (Å²) < 4.78 is 2.25. The van der Waals surface area contributed by atoms with Gasteiger partial charge in [0.25, 0.3) is 0 Å². The summed E-state index contributed by atoms with van der Waals surface area (Å²) in [5.41, 5.74) is 5.49. The van der Waals surface area contributed by atoms with E-state index in [9.17, 15) is 0 Å². The van der Waals surface area contributed by atoms with Crippen molar-refractivity contribution in [2.24, 2.45) is 7.05 Å². The average Bonchev–Trinajstić information content (AvgIpc) is 2.67. The van der Waals surface area contributed by atoms with Crippen LogP contribution in [-0.4, -0.2) is 11.1 Å². The molecule has 0 aliphatic rings. The fraction of sp³-hybridized carbons (Fsp3) is 0.412. The third-order valence-corrected chi connectivity index (χ3v) is 4.01. The Morgan fingerprint density at radius 3 is 2.42 bits per heavy atom. The summed E-state index contributed by atoms with van der Waals surface area (Å²) in [6.45, 7) is 8.57. The van der Waals surface area contributed by atoms with Crippen LogP contribution in [0.25, 0.3) is 0 Å². The number of hydrogen-bond donors (Lipinski definition) is 1. The minimum Gasteiger partial charge on any atom is -0.352 e. The summed E-state index contributed by atoms with van der Waals surface area (Å²) in [4.78, 5) is 0. The molecule has 0 bridgehead atoms. The molecule has 0 radical (unpaired) electrons. The van der Waals surface area contributed by atoms with Gasteiger partial charge < -0.3 is 9.88 Å². The van der Waals surface area contributed by atoms with Crippen LogP contribution in [0.5, 0.6) is 0 Å². The molecule has 0 spiro atoms. The molecule has 1 N–H and O–H groups in total. The third-order valence-electron chi connectivity index (χ3n) is 4.01. The zero-order chi connectivity index (χ0) is 13.8. The van der Waals surface area contributed by atoms with E-state index >= 15 is 0 Å². The molecule has 2 nitrogen and oxygen atoms in total. The summed E-state index contributed by atoms with van der Waals surface area (Å²) in [6.07, 6.45) is 0. The molecule has 1 aromatic heterocycles. The Morgan fingerprint density at radius 2 is 1.84 bits per heavy atom. The minimum absolute atomic E-state index is 0.548. The summed E-state index contributed by atoms with van der Waals surface area (Å²) in [5.74, 6) is 0.548. The van der Waals surface area contributed by atoms with E-state index in [1.165, 1.54) is 22.5 Å². The molecule has 2 heteroatoms. The van der Waals surface area contributed by atoms with Crippen molar-refractivity contribution in [1.29, 1.82) is 0 Å². The van der Waals surface area contributed by atoms with Crippen LogP contribution in [-0.2, 0) is 13.6 Å². The molecule has 2 rings (SSSR count). The maximum Gasteiger partial charge on any atom is 0.0223 e. The lowest BCUT2D eigenvalue weighted by molar-refractivity contribution is 0.613. The van der Waals surface area contributed by atoms with Gasteiger partial charge in [0.05, 0.1) is 0 Å². The SMILES string of the molecule is Cc1cc(CNCC(C)c2ccccc2)c(C)n1C. The largest absolute Gasteiger partial charge is 0.352 e. The van der Waals surface area contributed by atoms with Crippen LogP contribution in [0.4, 0.5) is 0 Å². The number of nitrogens with zero attached hydrogens (tertiary/aromatic N) is 1. The summed E-state index contributed by atoms with van der Waals surface area (Å²) >= 11 is 0. The summed E-state index contributed by atoms with van der Waals surface area (Å²) in [6, 6.07) is 13.0. The van der Waals surface area contributed by atoms with Gasteiger partial charge >= 0.3 is 0 Å². The first kappa shape index (κ1) is 13.9. The second-order valence-corrected chi connectivity index (χ2v) is 5.40. The van der Waals surface area contributed by atoms with Crippen molar-refractivity contribution in [2.45, 2.75) is 33.2 Å². The van der Waals surface area contributed by atoms with Crippen LogP contribution < -0.4 is 5.32 Å². The normalized spacial score (nSPS) is 12.6. The van der Waals surface area contributed by atoms with E-state index < -0.39 is 0 Å². The first-order valence-corrected chi connectivity index (χ1v) is 6.97. The molecule has 0 fully saturated rings. The van der Waals surface area contributed by atoms with E-state index in [1.54, 1.807) is 0 Å². The standard InChI is InChI=1S/C17H24N2/c1-13(16-8-6-5-7-9-16)11-18-12-17-10-14(2)19(4)15(17)3/h5-10,13,18H,11-12H2,1-4H3. The fourth-order valence-electron chi connectivity index (χ4n) is 2.44. The highest BCUT2D eigenvalue weighted by Crippen LogP contribution is 2.15. The van der Waals surface area contributed by atoms with Crippen molar-refractivity contribution in [3.63, 3.8) is 0 Å². The molecule has 1 unspecified atom stereocenters. The van der Waals surface area contributed by atoms with Gasteiger partial charge in [-0.1, -0.05) is 37.3 Å². The molecule has 1 aromatic carbocycles. The highest BCUT2D eigenvalue weighted by molar-refractivity contribution is 5.26. The van der Waals surface area contributed by atoms with Crippen LogP contribution in [0.1, 0.15) is 35.4 Å². The second-order valence-electron chi connectivity index (χ2n) is 5.40. The Morgan fingerprint density at radius 1 is 1.16 bits per heavy atom. The number of benzene rings is 1. The predicted molar refractivity (Wildman–Crippen MR) is 81.5 cm³/mol. The number of aromatic nitrogens is 1. The van der Waals surface area contributed by atoms with Crippen LogP contribution in [0.3, 0.4) is 0 Å². The molecule has 0 saturated carbocycles. The van der Waals surface area contributed by atoms with Crippen LogP contribution in [0.2, 0.25) is 0 Å². The molecule has 0 saturated heterocycles. The molecular weight excluding hydrogens is 232 g/mol. The van der Waals surface area contributed by atoms with Gasteiger partial charge in [0.15, 0.2) is 0 Å². The van der Waals surface area contributed by atoms with Crippen molar-refractivity contribution in [3.05, 3.63) is 58.9 Å². The summed E-state index contributed by atoms with van der Waals surface area (Å²) in [7, 11) is 2.13. The Bertz CT molecular complexity index is 526. The zero-order valence-electron chi connectivity index (χ0n) is 12.4. The van der Waals surface area contributed by atoms with E-state index in [1.807, 2.05) is 0 Å². The molecule has 19 heavy (non-hydrogen) atoms. The Balaban J connectivity index is 1.88. The Kier molecular flexibility index (Phi) is 4.43. The van der Waals surface area contributed by atoms with Crippen LogP contribution >= 0.6 is 0 Å². The summed E-state index contributed by atoms with van der Waals surface area (Å²) in [5, 5.41) is 3.57. The third kappa shape index (κ3) is 3.27. The molecule has 0 amide bonds. The highest BCUT2D eigenvalue weighted by atomic mass is 15.0. The maximum atomic E-state index is 3.57. The van der Waals surface area contributed by atoms with Gasteiger partial charge in [-0.15, -0.1) is 0 Å². The average molecular weight is 256 g/mol. The lowest BCUT2D eigenvalue weighted by atomic mass is 10.0. The lowest BCUT2D eigenvalue weighted by Gasteiger charge is -2.13. The monoisotopic (exact) mass is 256 g/mol. The van der Waals surface area contributed by atoms with Gasteiger partial charge in [-0.05, 0) is 37.0 Å².